The molecule has 0 radical (unpaired) electrons. The molecule has 17 nitrogen and oxygen atoms in total. The Labute approximate surface area is 790 Å². The van der Waals surface area contributed by atoms with Gasteiger partial charge in [-0.2, -0.15) is 123 Å². The standard InChI is InChI=1S/C26H22F7NO5.C25H22F7NO4S.C23H18F7NO2.C22H18F7NO2/c1-14(2)22(35)37-10-11-38-23(36)39-13-20-17-7-5-4-6-16(17)19-12-15(8-9-18(19)20)21(34-3)24(27,28)25(29,30)26(31,32)33;1-14(2)22(34)37-8-9-38(35,36)13-15-4-5-16-11-17-6-7-18(12-20(17)19(16)10-15)21(33-3)23(26,27)24(28,29)25(30,31)32;1-12(2)20(32)33-11-18-15-7-5-4-6-14(15)17-10-13(8-9-16(17)18)19(31-3)21(24,25)22(26,27)23(28,29)30;1-13(2)19(31)32-12-14-4-6-15(7-5-14)16-8-10-17(11-9-16)18(30-3)20(23,24)21(25,26)22(27,28)29/h4-9,12,20H,1,10-11,13H2,2-3H3;4-7,10,12H,1,8-9,11,13H2,2-3H3;4-10,18H,1,11H2,2-3H3;4-11H,1,12H2,2-3H3. The van der Waals surface area contributed by atoms with Gasteiger partial charge in [0.2, 0.25) is 0 Å². The number of carbonyl (C=O) groups is 5. The van der Waals surface area contributed by atoms with E-state index in [1.807, 2.05) is 0 Å². The molecule has 0 aliphatic heterocycles. The molecule has 764 valence electrons. The highest BCUT2D eigenvalue weighted by Crippen LogP contribution is 2.55. The van der Waals surface area contributed by atoms with E-state index in [9.17, 15) is 155 Å². The lowest BCUT2D eigenvalue weighted by Crippen LogP contribution is -2.56. The van der Waals surface area contributed by atoms with Gasteiger partial charge >= 0.3 is 102 Å². The molecule has 8 aromatic carbocycles. The summed E-state index contributed by atoms with van der Waals surface area (Å²) >= 11 is 0. The van der Waals surface area contributed by atoms with E-state index in [0.717, 1.165) is 55.6 Å². The number of fused-ring (bicyclic) bond motifs is 9. The summed E-state index contributed by atoms with van der Waals surface area (Å²) in [5.74, 6) is -52.5. The van der Waals surface area contributed by atoms with Crippen LogP contribution in [0.5, 0.6) is 0 Å². The van der Waals surface area contributed by atoms with Crippen molar-refractivity contribution in [2.45, 2.75) is 130 Å². The van der Waals surface area contributed by atoms with Gasteiger partial charge in [-0.25, -0.2) is 32.4 Å². The van der Waals surface area contributed by atoms with E-state index >= 15 is 0 Å². The van der Waals surface area contributed by atoms with E-state index in [0.29, 0.717) is 105 Å². The Morgan fingerprint density at radius 3 is 1.00 bits per heavy atom. The van der Waals surface area contributed by atoms with E-state index in [1.165, 1.54) is 64.1 Å². The average molecular weight is 2060 g/mol. The lowest BCUT2D eigenvalue weighted by Gasteiger charge is -2.29. The molecule has 8 aromatic rings. The van der Waals surface area contributed by atoms with Crippen molar-refractivity contribution in [3.63, 3.8) is 0 Å². The summed E-state index contributed by atoms with van der Waals surface area (Å²) in [6.45, 7) is 18.3. The van der Waals surface area contributed by atoms with Gasteiger partial charge in [-0.3, -0.25) is 20.0 Å². The van der Waals surface area contributed by atoms with Crippen molar-refractivity contribution in [2.24, 2.45) is 20.0 Å². The topological polar surface area (TPSA) is 224 Å². The summed E-state index contributed by atoms with van der Waals surface area (Å²) in [4.78, 5) is 70.2. The lowest BCUT2D eigenvalue weighted by atomic mass is 9.93. The van der Waals surface area contributed by atoms with Crippen LogP contribution in [0.2, 0.25) is 0 Å². The average Bonchev–Trinajstić information content (AvgIpc) is 1.33. The third-order valence-electron chi connectivity index (χ3n) is 21.5. The number of carbonyl (C=O) groups excluding carboxylic acids is 5. The van der Waals surface area contributed by atoms with Gasteiger partial charge < -0.3 is 28.4 Å². The number of aliphatic imine (C=N–C) groups is 4. The minimum absolute atomic E-state index is 0.00371. The van der Waals surface area contributed by atoms with Crippen LogP contribution in [0.4, 0.5) is 128 Å². The minimum atomic E-state index is -6.51. The molecule has 11 rings (SSSR count). The van der Waals surface area contributed by atoms with Crippen LogP contribution in [-0.4, -0.2) is 200 Å². The van der Waals surface area contributed by atoms with E-state index in [4.69, 9.17) is 28.4 Å². The molecule has 0 saturated heterocycles. The fourth-order valence-electron chi connectivity index (χ4n) is 14.3. The summed E-state index contributed by atoms with van der Waals surface area (Å²) in [6, 6.07) is 39.0. The van der Waals surface area contributed by atoms with Gasteiger partial charge in [0.1, 0.15) is 62.5 Å². The molecule has 0 spiro atoms. The molecule has 0 bridgehead atoms. The van der Waals surface area contributed by atoms with Crippen LogP contribution in [-0.2, 0) is 76.2 Å². The number of sulfone groups is 1. The fourth-order valence-corrected chi connectivity index (χ4v) is 15.5. The Morgan fingerprint density at radius 1 is 0.324 bits per heavy atom. The molecule has 0 aromatic heterocycles. The highest BCUT2D eigenvalue weighted by atomic mass is 32.2. The number of alkyl halides is 28. The third-order valence-corrected chi connectivity index (χ3v) is 23.0. The van der Waals surface area contributed by atoms with Crippen LogP contribution in [0, 0.1) is 0 Å². The van der Waals surface area contributed by atoms with E-state index in [1.54, 1.807) is 84.9 Å². The summed E-state index contributed by atoms with van der Waals surface area (Å²) in [5.41, 5.74) is -0.670. The number of hydrogen-bond donors (Lipinski definition) is 0. The molecule has 2 atom stereocenters. The first kappa shape index (κ1) is 114. The molecule has 3 aliphatic carbocycles. The van der Waals surface area contributed by atoms with Crippen molar-refractivity contribution in [1.82, 2.24) is 0 Å². The van der Waals surface area contributed by atoms with E-state index in [2.05, 4.69) is 46.3 Å². The second-order valence-corrected chi connectivity index (χ2v) is 33.8. The number of halogens is 28. The summed E-state index contributed by atoms with van der Waals surface area (Å²) in [5, 5.41) is 0. The van der Waals surface area contributed by atoms with Crippen LogP contribution in [0.1, 0.15) is 106 Å². The Bertz CT molecular complexity index is 6380. The van der Waals surface area contributed by atoms with Crippen molar-refractivity contribution >= 4 is 62.7 Å². The Balaban J connectivity index is 0.000000232. The van der Waals surface area contributed by atoms with Crippen molar-refractivity contribution in [2.75, 3.05) is 67.0 Å². The second-order valence-electron chi connectivity index (χ2n) is 31.6. The zero-order valence-corrected chi connectivity index (χ0v) is 75.9. The van der Waals surface area contributed by atoms with E-state index in [-0.39, 0.29) is 73.1 Å². The van der Waals surface area contributed by atoms with Crippen molar-refractivity contribution < 1.29 is 184 Å². The van der Waals surface area contributed by atoms with Gasteiger partial charge in [-0.15, -0.1) is 0 Å². The van der Waals surface area contributed by atoms with Gasteiger partial charge in [0.05, 0.1) is 11.5 Å². The van der Waals surface area contributed by atoms with Gasteiger partial charge in [-0.05, 0) is 147 Å². The van der Waals surface area contributed by atoms with Crippen molar-refractivity contribution in [1.29, 1.82) is 0 Å². The Morgan fingerprint density at radius 2 is 0.620 bits per heavy atom. The maximum absolute atomic E-state index is 14.5. The molecule has 0 amide bonds. The summed E-state index contributed by atoms with van der Waals surface area (Å²) < 4.78 is 430. The molecular weight excluding hydrogens is 1980 g/mol. The van der Waals surface area contributed by atoms with Crippen LogP contribution in [0.15, 0.2) is 238 Å². The molecule has 0 heterocycles. The first-order chi connectivity index (χ1) is 65.5. The zero-order chi connectivity index (χ0) is 107. The Hall–Kier alpha value is -13.5. The predicted molar refractivity (Wildman–Crippen MR) is 464 cm³/mol. The number of hydrogen-bond acceptors (Lipinski definition) is 17. The Kier molecular flexibility index (Phi) is 34.9. The largest absolute Gasteiger partial charge is 0.508 e. The molecule has 0 fully saturated rings. The SMILES string of the molecule is C=C(C)C(=O)OCC1c2ccccc2-c2cc(C(=NC)C(F)(F)C(F)(F)C(F)(F)F)ccc21.C=C(C)C(=O)OCCOC(=O)OCC1c2ccccc2-c2cc(C(=NC)C(F)(F)C(F)(F)C(F)(F)F)ccc21.C=C(C)C(=O)OCCS(=O)(=O)Cc1ccc2c(c1)-c1cc(C(=NC)C(F)(F)C(F)(F)C(F)(F)F)ccc1C2.C=C(C)C(=O)OCc1ccc(-c2ccc(C(=NC)C(F)(F)C(F)(F)C(F)(F)F)cc2)cc1. The maximum atomic E-state index is 14.5. The monoisotopic (exact) mass is 2060 g/mol. The predicted octanol–water partition coefficient (Wildman–Crippen LogP) is 24.3. The zero-order valence-electron chi connectivity index (χ0n) is 75.1. The van der Waals surface area contributed by atoms with Crippen LogP contribution >= 0.6 is 0 Å². The van der Waals surface area contributed by atoms with E-state index < -0.39 is 180 Å². The number of rotatable bonds is 31. The minimum Gasteiger partial charge on any atom is -0.461 e. The molecule has 142 heavy (non-hydrogen) atoms. The van der Waals surface area contributed by atoms with Gasteiger partial charge in [0.15, 0.2) is 9.84 Å². The van der Waals surface area contributed by atoms with Crippen molar-refractivity contribution in [3.05, 3.63) is 285 Å². The molecular formula is C96H80F28N4O13S. The number of esters is 4. The first-order valence-corrected chi connectivity index (χ1v) is 42.7. The second kappa shape index (κ2) is 43.6. The smallest absolute Gasteiger partial charge is 0.461 e. The van der Waals surface area contributed by atoms with Crippen LogP contribution in [0.3, 0.4) is 0 Å². The number of benzene rings is 8. The third kappa shape index (κ3) is 24.3. The number of nitrogens with zero attached hydrogens (tertiary/aromatic N) is 4. The van der Waals surface area contributed by atoms with Gasteiger partial charge in [-0.1, -0.05) is 172 Å². The van der Waals surface area contributed by atoms with Gasteiger partial charge in [0.25, 0.3) is 0 Å². The highest BCUT2D eigenvalue weighted by molar-refractivity contribution is 7.90. The first-order valence-electron chi connectivity index (χ1n) is 40.9. The molecule has 0 N–H and O–H groups in total. The fraction of sp³-hybridized carbons (Fsp3) is 0.323. The van der Waals surface area contributed by atoms with Crippen molar-refractivity contribution in [3.8, 4) is 44.5 Å². The lowest BCUT2D eigenvalue weighted by molar-refractivity contribution is -0.336. The van der Waals surface area contributed by atoms with Crippen LogP contribution < -0.4 is 0 Å². The molecule has 0 saturated carbocycles. The van der Waals surface area contributed by atoms with Gasteiger partial charge in [0, 0.05) is 84.6 Å². The quantitative estimate of drug-likeness (QED) is 0.00985. The summed E-state index contributed by atoms with van der Waals surface area (Å²) in [6.07, 6.45) is -26.7. The maximum Gasteiger partial charge on any atom is 0.508 e. The molecule has 3 aliphatic rings. The highest BCUT2D eigenvalue weighted by Gasteiger charge is 2.78. The molecule has 46 heteroatoms. The van der Waals surface area contributed by atoms with Crippen LogP contribution in [0.25, 0.3) is 44.5 Å². The summed E-state index contributed by atoms with van der Waals surface area (Å²) in [7, 11) is -0.930. The number of ether oxygens (including phenoxy) is 6. The normalized spacial score (nSPS) is 14.7. The molecule has 2 unspecified atom stereocenters.